The molecule has 2 N–H and O–H groups in total. The van der Waals surface area contributed by atoms with Crippen molar-refractivity contribution in [2.24, 2.45) is 5.73 Å². The number of thiophene rings is 1. The highest BCUT2D eigenvalue weighted by atomic mass is 79.9. The topological polar surface area (TPSA) is 26.0 Å². The maximum atomic E-state index is 13.4. The van der Waals surface area contributed by atoms with Crippen LogP contribution in [0.5, 0.6) is 0 Å². The first kappa shape index (κ1) is 12.2. The molecule has 1 nitrogen and oxygen atoms in total. The van der Waals surface area contributed by atoms with Crippen LogP contribution in [0.3, 0.4) is 0 Å². The van der Waals surface area contributed by atoms with Gasteiger partial charge in [-0.25, -0.2) is 4.39 Å². The smallest absolute Gasteiger partial charge is 0.137 e. The zero-order valence-corrected chi connectivity index (χ0v) is 12.1. The Kier molecular flexibility index (Phi) is 3.79. The Morgan fingerprint density at radius 1 is 1.19 bits per heavy atom. The molecule has 0 bridgehead atoms. The number of hydrogen-bond donors (Lipinski definition) is 1. The van der Waals surface area contributed by atoms with Crippen molar-refractivity contribution in [3.05, 3.63) is 54.8 Å². The summed E-state index contributed by atoms with van der Waals surface area (Å²) in [6.07, 6.45) is 0. The summed E-state index contributed by atoms with van der Waals surface area (Å²) in [5.41, 5.74) is 6.85. The lowest BCUT2D eigenvalue weighted by Crippen LogP contribution is -2.11. The Balaban J connectivity index is 2.38. The summed E-state index contributed by atoms with van der Waals surface area (Å²) in [5.74, 6) is -0.291. The molecular formula is C11H8Br2FNS. The van der Waals surface area contributed by atoms with Gasteiger partial charge in [0.25, 0.3) is 0 Å². The predicted octanol–water partition coefficient (Wildman–Crippen LogP) is 4.46. The van der Waals surface area contributed by atoms with Gasteiger partial charge < -0.3 is 5.73 Å². The molecule has 1 unspecified atom stereocenters. The van der Waals surface area contributed by atoms with Crippen molar-refractivity contribution in [1.82, 2.24) is 0 Å². The Morgan fingerprint density at radius 3 is 2.50 bits per heavy atom. The number of nitrogens with two attached hydrogens (primary N) is 1. The summed E-state index contributed by atoms with van der Waals surface area (Å²) in [6.45, 7) is 0. The first-order valence-corrected chi connectivity index (χ1v) is 6.99. The molecule has 1 aromatic heterocycles. The van der Waals surface area contributed by atoms with E-state index < -0.39 is 0 Å². The van der Waals surface area contributed by atoms with E-state index in [1.807, 2.05) is 17.5 Å². The van der Waals surface area contributed by atoms with Gasteiger partial charge in [-0.05, 0) is 61.0 Å². The summed E-state index contributed by atoms with van der Waals surface area (Å²) in [5, 5.41) is 1.95. The fourth-order valence-electron chi connectivity index (χ4n) is 1.38. The molecule has 0 amide bonds. The molecule has 5 heteroatoms. The third kappa shape index (κ3) is 2.37. The van der Waals surface area contributed by atoms with Crippen LogP contribution in [0.1, 0.15) is 16.5 Å². The standard InChI is InChI=1S/C11H8Br2FNS/c12-7-2-1-6(5-9(7)14)10(15)11-8(13)3-4-16-11/h1-5,10H,15H2. The molecule has 0 saturated carbocycles. The lowest BCUT2D eigenvalue weighted by molar-refractivity contribution is 0.617. The van der Waals surface area contributed by atoms with Gasteiger partial charge in [0.2, 0.25) is 0 Å². The average Bonchev–Trinajstić information content (AvgIpc) is 2.67. The summed E-state index contributed by atoms with van der Waals surface area (Å²) in [6, 6.07) is 6.60. The molecule has 0 saturated heterocycles. The van der Waals surface area contributed by atoms with Gasteiger partial charge >= 0.3 is 0 Å². The molecule has 0 aliphatic heterocycles. The third-order valence-electron chi connectivity index (χ3n) is 2.23. The van der Waals surface area contributed by atoms with Crippen LogP contribution in [-0.2, 0) is 0 Å². The van der Waals surface area contributed by atoms with Crippen LogP contribution in [0, 0.1) is 5.82 Å². The molecule has 84 valence electrons. The second kappa shape index (κ2) is 4.96. The van der Waals surface area contributed by atoms with Gasteiger partial charge in [0.15, 0.2) is 0 Å². The Morgan fingerprint density at radius 2 is 1.94 bits per heavy atom. The largest absolute Gasteiger partial charge is 0.320 e. The van der Waals surface area contributed by atoms with Crippen LogP contribution >= 0.6 is 43.2 Å². The lowest BCUT2D eigenvalue weighted by atomic mass is 10.1. The van der Waals surface area contributed by atoms with E-state index in [9.17, 15) is 4.39 Å². The lowest BCUT2D eigenvalue weighted by Gasteiger charge is -2.11. The van der Waals surface area contributed by atoms with Crippen LogP contribution in [-0.4, -0.2) is 0 Å². The minimum absolute atomic E-state index is 0.291. The monoisotopic (exact) mass is 363 g/mol. The van der Waals surface area contributed by atoms with E-state index >= 15 is 0 Å². The van der Waals surface area contributed by atoms with E-state index in [0.29, 0.717) is 4.47 Å². The van der Waals surface area contributed by atoms with E-state index in [-0.39, 0.29) is 11.9 Å². The fourth-order valence-corrected chi connectivity index (χ4v) is 3.28. The fraction of sp³-hybridized carbons (Fsp3) is 0.0909. The molecule has 0 aliphatic rings. The molecule has 2 aromatic rings. The Hall–Kier alpha value is -0.230. The van der Waals surface area contributed by atoms with Gasteiger partial charge in [0.1, 0.15) is 5.82 Å². The van der Waals surface area contributed by atoms with Crippen molar-refractivity contribution in [3.63, 3.8) is 0 Å². The first-order valence-electron chi connectivity index (χ1n) is 4.53. The molecule has 0 aliphatic carbocycles. The van der Waals surface area contributed by atoms with E-state index in [1.165, 1.54) is 6.07 Å². The van der Waals surface area contributed by atoms with E-state index in [0.717, 1.165) is 14.9 Å². The zero-order chi connectivity index (χ0) is 11.7. The SMILES string of the molecule is NC(c1ccc(Br)c(F)c1)c1sccc1Br. The van der Waals surface area contributed by atoms with Crippen molar-refractivity contribution < 1.29 is 4.39 Å². The van der Waals surface area contributed by atoms with Crippen molar-refractivity contribution in [2.45, 2.75) is 6.04 Å². The van der Waals surface area contributed by atoms with Crippen molar-refractivity contribution in [1.29, 1.82) is 0 Å². The minimum Gasteiger partial charge on any atom is -0.320 e. The summed E-state index contributed by atoms with van der Waals surface area (Å²) in [4.78, 5) is 1.00. The second-order valence-corrected chi connectivity index (χ2v) is 5.94. The summed E-state index contributed by atoms with van der Waals surface area (Å²) in [7, 11) is 0. The number of hydrogen-bond acceptors (Lipinski definition) is 2. The Labute approximate surface area is 114 Å². The summed E-state index contributed by atoms with van der Waals surface area (Å²) >= 11 is 8.10. The van der Waals surface area contributed by atoms with Crippen molar-refractivity contribution in [2.75, 3.05) is 0 Å². The molecular weight excluding hydrogens is 357 g/mol. The van der Waals surface area contributed by atoms with Crippen LogP contribution < -0.4 is 5.73 Å². The minimum atomic E-state index is -0.294. The van der Waals surface area contributed by atoms with Gasteiger partial charge in [0.05, 0.1) is 10.5 Å². The predicted molar refractivity (Wildman–Crippen MR) is 72.1 cm³/mol. The molecule has 0 fully saturated rings. The van der Waals surface area contributed by atoms with Gasteiger partial charge in [-0.15, -0.1) is 11.3 Å². The number of benzene rings is 1. The van der Waals surface area contributed by atoms with Crippen molar-refractivity contribution >= 4 is 43.2 Å². The van der Waals surface area contributed by atoms with E-state index in [2.05, 4.69) is 31.9 Å². The maximum Gasteiger partial charge on any atom is 0.137 e. The van der Waals surface area contributed by atoms with Gasteiger partial charge in [-0.3, -0.25) is 0 Å². The molecule has 1 atom stereocenters. The van der Waals surface area contributed by atoms with E-state index in [4.69, 9.17) is 5.73 Å². The normalized spacial score (nSPS) is 12.8. The van der Waals surface area contributed by atoms with Crippen LogP contribution in [0.2, 0.25) is 0 Å². The van der Waals surface area contributed by atoms with E-state index in [1.54, 1.807) is 17.4 Å². The van der Waals surface area contributed by atoms with Crippen molar-refractivity contribution in [3.8, 4) is 0 Å². The first-order chi connectivity index (χ1) is 7.59. The quantitative estimate of drug-likeness (QED) is 0.836. The average molecular weight is 365 g/mol. The number of rotatable bonds is 2. The highest BCUT2D eigenvalue weighted by Gasteiger charge is 2.14. The zero-order valence-electron chi connectivity index (χ0n) is 8.08. The molecule has 0 radical (unpaired) electrons. The second-order valence-electron chi connectivity index (χ2n) is 3.28. The van der Waals surface area contributed by atoms with Crippen LogP contribution in [0.25, 0.3) is 0 Å². The number of halogens is 3. The van der Waals surface area contributed by atoms with Crippen LogP contribution in [0.15, 0.2) is 38.6 Å². The highest BCUT2D eigenvalue weighted by Crippen LogP contribution is 2.32. The summed E-state index contributed by atoms with van der Waals surface area (Å²) < 4.78 is 14.8. The molecule has 0 spiro atoms. The van der Waals surface area contributed by atoms with Crippen LogP contribution in [0.4, 0.5) is 4.39 Å². The molecule has 1 heterocycles. The molecule has 2 rings (SSSR count). The third-order valence-corrected chi connectivity index (χ3v) is 4.83. The van der Waals surface area contributed by atoms with Gasteiger partial charge in [-0.2, -0.15) is 0 Å². The highest BCUT2D eigenvalue weighted by molar-refractivity contribution is 9.10. The molecule has 16 heavy (non-hydrogen) atoms. The molecule has 1 aromatic carbocycles. The maximum absolute atomic E-state index is 13.4. The Bertz CT molecular complexity index is 512. The van der Waals surface area contributed by atoms with Gasteiger partial charge in [0, 0.05) is 9.35 Å². The van der Waals surface area contributed by atoms with Gasteiger partial charge in [-0.1, -0.05) is 6.07 Å².